The number of carbonyl (C=O) groups excluding carboxylic acids is 3. The number of rotatable bonds is 15. The molecule has 0 aliphatic rings. The minimum Gasteiger partial charge on any atom is -0.466 e. The van der Waals surface area contributed by atoms with Crippen molar-refractivity contribution >= 4 is 35.4 Å². The van der Waals surface area contributed by atoms with Gasteiger partial charge in [0.15, 0.2) is 5.75 Å². The standard InChI is InChI=1S/C33H38N2O6/c1-39-30(36)21-16-24-12-17-26(18-13-24)33(38)40-22-7-5-3-2-4-6-11-31(37)41-32-27(9-8-10-29(32)35)23-25-14-19-28(34)20-15-25/h8-10,12-21H,2-7,11,22-23,34-35H2,1H3/b21-16+. The number of ether oxygens (including phenoxy) is 3. The maximum absolute atomic E-state index is 12.5. The first-order chi connectivity index (χ1) is 19.9. The summed E-state index contributed by atoms with van der Waals surface area (Å²) in [5.74, 6) is -0.677. The molecule has 0 aromatic heterocycles. The molecule has 0 saturated carbocycles. The Kier molecular flexibility index (Phi) is 12.5. The summed E-state index contributed by atoms with van der Waals surface area (Å²) >= 11 is 0. The van der Waals surface area contributed by atoms with E-state index in [1.165, 1.54) is 13.2 Å². The Labute approximate surface area is 241 Å². The molecule has 0 spiro atoms. The van der Waals surface area contributed by atoms with Crippen molar-refractivity contribution in [3.63, 3.8) is 0 Å². The van der Waals surface area contributed by atoms with Crippen LogP contribution >= 0.6 is 0 Å². The summed E-state index contributed by atoms with van der Waals surface area (Å²) in [5.41, 5.74) is 16.2. The average molecular weight is 559 g/mol. The van der Waals surface area contributed by atoms with E-state index in [-0.39, 0.29) is 11.9 Å². The van der Waals surface area contributed by atoms with Gasteiger partial charge in [0.25, 0.3) is 0 Å². The molecule has 3 aromatic rings. The molecule has 0 heterocycles. The summed E-state index contributed by atoms with van der Waals surface area (Å²) in [6.45, 7) is 0.354. The zero-order chi connectivity index (χ0) is 29.5. The fourth-order valence-electron chi connectivity index (χ4n) is 4.18. The summed E-state index contributed by atoms with van der Waals surface area (Å²) in [6.07, 6.45) is 9.18. The molecule has 0 amide bonds. The van der Waals surface area contributed by atoms with Crippen molar-refractivity contribution < 1.29 is 28.6 Å². The number of methoxy groups -OCH3 is 1. The first kappa shape index (κ1) is 30.9. The quantitative estimate of drug-likeness (QED) is 0.0750. The lowest BCUT2D eigenvalue weighted by Gasteiger charge is -2.13. The van der Waals surface area contributed by atoms with Gasteiger partial charge in [-0.2, -0.15) is 0 Å². The van der Waals surface area contributed by atoms with Crippen molar-refractivity contribution in [3.8, 4) is 5.75 Å². The van der Waals surface area contributed by atoms with E-state index in [1.807, 2.05) is 36.4 Å². The fraction of sp³-hybridized carbons (Fsp3) is 0.303. The van der Waals surface area contributed by atoms with E-state index >= 15 is 0 Å². The fourth-order valence-corrected chi connectivity index (χ4v) is 4.18. The number of benzene rings is 3. The lowest BCUT2D eigenvalue weighted by Crippen LogP contribution is -2.11. The minimum absolute atomic E-state index is 0.291. The lowest BCUT2D eigenvalue weighted by molar-refractivity contribution is -0.135. The van der Waals surface area contributed by atoms with Gasteiger partial charge in [0, 0.05) is 30.2 Å². The monoisotopic (exact) mass is 558 g/mol. The molecule has 0 aliphatic carbocycles. The molecule has 0 fully saturated rings. The van der Waals surface area contributed by atoms with Gasteiger partial charge in [0.05, 0.1) is 25.0 Å². The predicted octanol–water partition coefficient (Wildman–Crippen LogP) is 6.12. The van der Waals surface area contributed by atoms with Gasteiger partial charge in [-0.1, -0.05) is 62.1 Å². The second-order valence-corrected chi connectivity index (χ2v) is 9.71. The van der Waals surface area contributed by atoms with E-state index in [1.54, 1.807) is 36.4 Å². The SMILES string of the molecule is COC(=O)/C=C/c1ccc(C(=O)OCCCCCCCCC(=O)Oc2c(N)cccc2Cc2ccc(N)cc2)cc1. The Morgan fingerprint density at radius 3 is 2.20 bits per heavy atom. The third-order valence-corrected chi connectivity index (χ3v) is 6.49. The minimum atomic E-state index is -0.440. The predicted molar refractivity (Wildman–Crippen MR) is 160 cm³/mol. The van der Waals surface area contributed by atoms with Crippen LogP contribution in [0.3, 0.4) is 0 Å². The van der Waals surface area contributed by atoms with Gasteiger partial charge < -0.3 is 25.7 Å². The normalized spacial score (nSPS) is 10.9. The average Bonchev–Trinajstić information content (AvgIpc) is 2.98. The molecule has 4 N–H and O–H groups in total. The van der Waals surface area contributed by atoms with Gasteiger partial charge in [-0.05, 0) is 60.4 Å². The topological polar surface area (TPSA) is 131 Å². The summed E-state index contributed by atoms with van der Waals surface area (Å²) < 4.78 is 15.6. The summed E-state index contributed by atoms with van der Waals surface area (Å²) in [5, 5.41) is 0. The zero-order valence-corrected chi connectivity index (χ0v) is 23.5. The number of anilines is 2. The molecule has 3 aromatic carbocycles. The van der Waals surface area contributed by atoms with Gasteiger partial charge in [-0.3, -0.25) is 4.79 Å². The van der Waals surface area contributed by atoms with E-state index in [0.29, 0.717) is 42.1 Å². The van der Waals surface area contributed by atoms with Crippen LogP contribution in [-0.4, -0.2) is 31.6 Å². The van der Waals surface area contributed by atoms with Crippen molar-refractivity contribution in [1.82, 2.24) is 0 Å². The van der Waals surface area contributed by atoms with E-state index in [9.17, 15) is 14.4 Å². The summed E-state index contributed by atoms with van der Waals surface area (Å²) in [7, 11) is 1.31. The summed E-state index contributed by atoms with van der Waals surface area (Å²) in [6, 6.07) is 19.9. The molecule has 216 valence electrons. The molecule has 0 unspecified atom stereocenters. The summed E-state index contributed by atoms with van der Waals surface area (Å²) in [4.78, 5) is 35.9. The zero-order valence-electron chi connectivity index (χ0n) is 23.5. The number of hydrogen-bond acceptors (Lipinski definition) is 8. The molecule has 8 nitrogen and oxygen atoms in total. The van der Waals surface area contributed by atoms with E-state index in [4.69, 9.17) is 20.9 Å². The Bertz CT molecular complexity index is 1320. The Balaban J connectivity index is 1.28. The van der Waals surface area contributed by atoms with Crippen molar-refractivity contribution in [3.05, 3.63) is 95.1 Å². The van der Waals surface area contributed by atoms with Gasteiger partial charge in [0.2, 0.25) is 0 Å². The van der Waals surface area contributed by atoms with Crippen LogP contribution in [-0.2, 0) is 25.5 Å². The smallest absolute Gasteiger partial charge is 0.338 e. The largest absolute Gasteiger partial charge is 0.466 e. The van der Waals surface area contributed by atoms with Crippen LogP contribution < -0.4 is 16.2 Å². The highest BCUT2D eigenvalue weighted by Crippen LogP contribution is 2.29. The highest BCUT2D eigenvalue weighted by atomic mass is 16.5. The molecule has 3 rings (SSSR count). The van der Waals surface area contributed by atoms with Gasteiger partial charge in [-0.15, -0.1) is 0 Å². The Morgan fingerprint density at radius 1 is 0.805 bits per heavy atom. The second-order valence-electron chi connectivity index (χ2n) is 9.71. The first-order valence-corrected chi connectivity index (χ1v) is 13.8. The Hall–Kier alpha value is -4.59. The number of unbranched alkanes of at least 4 members (excludes halogenated alkanes) is 5. The van der Waals surface area contributed by atoms with Crippen molar-refractivity contribution in [2.24, 2.45) is 0 Å². The lowest BCUT2D eigenvalue weighted by atomic mass is 10.0. The van der Waals surface area contributed by atoms with E-state index in [0.717, 1.165) is 55.2 Å². The number of nitrogens with two attached hydrogens (primary N) is 2. The van der Waals surface area contributed by atoms with Crippen LogP contribution in [0.15, 0.2) is 72.8 Å². The van der Waals surface area contributed by atoms with Crippen LogP contribution in [0.2, 0.25) is 0 Å². The molecule has 0 aliphatic heterocycles. The van der Waals surface area contributed by atoms with Gasteiger partial charge >= 0.3 is 17.9 Å². The molecule has 0 atom stereocenters. The maximum Gasteiger partial charge on any atom is 0.338 e. The Morgan fingerprint density at radius 2 is 1.49 bits per heavy atom. The molecule has 0 radical (unpaired) electrons. The van der Waals surface area contributed by atoms with E-state index in [2.05, 4.69) is 4.74 Å². The number of hydrogen-bond donors (Lipinski definition) is 2. The molecule has 41 heavy (non-hydrogen) atoms. The highest BCUT2D eigenvalue weighted by molar-refractivity contribution is 5.90. The van der Waals surface area contributed by atoms with Gasteiger partial charge in [-0.25, -0.2) is 9.59 Å². The second kappa shape index (κ2) is 16.5. The molecule has 0 saturated heterocycles. The van der Waals surface area contributed by atoms with Crippen LogP contribution in [0.5, 0.6) is 5.75 Å². The number of carbonyl (C=O) groups is 3. The van der Waals surface area contributed by atoms with Crippen LogP contribution in [0, 0.1) is 0 Å². The van der Waals surface area contributed by atoms with Crippen LogP contribution in [0.25, 0.3) is 6.08 Å². The van der Waals surface area contributed by atoms with Crippen molar-refractivity contribution in [2.45, 2.75) is 51.4 Å². The third kappa shape index (κ3) is 10.8. The van der Waals surface area contributed by atoms with Gasteiger partial charge in [0.1, 0.15) is 0 Å². The third-order valence-electron chi connectivity index (χ3n) is 6.49. The number of nitrogen functional groups attached to an aromatic ring is 2. The number of para-hydroxylation sites is 1. The molecular weight excluding hydrogens is 520 g/mol. The molecule has 8 heteroatoms. The van der Waals surface area contributed by atoms with Crippen LogP contribution in [0.4, 0.5) is 11.4 Å². The van der Waals surface area contributed by atoms with E-state index < -0.39 is 5.97 Å². The molecule has 0 bridgehead atoms. The van der Waals surface area contributed by atoms with Crippen molar-refractivity contribution in [1.29, 1.82) is 0 Å². The highest BCUT2D eigenvalue weighted by Gasteiger charge is 2.13. The molecular formula is C33H38N2O6. The number of esters is 3. The first-order valence-electron chi connectivity index (χ1n) is 13.8. The van der Waals surface area contributed by atoms with Crippen LogP contribution in [0.1, 0.15) is 72.0 Å². The maximum atomic E-state index is 12.5. The van der Waals surface area contributed by atoms with Crippen molar-refractivity contribution in [2.75, 3.05) is 25.2 Å².